The third-order valence-electron chi connectivity index (χ3n) is 3.32. The molecule has 0 aromatic heterocycles. The molecule has 0 heterocycles. The lowest BCUT2D eigenvalue weighted by Crippen LogP contribution is -2.37. The van der Waals surface area contributed by atoms with Gasteiger partial charge in [0.25, 0.3) is 0 Å². The Bertz CT molecular complexity index is 495. The summed E-state index contributed by atoms with van der Waals surface area (Å²) in [5, 5.41) is 6.52. The summed E-state index contributed by atoms with van der Waals surface area (Å²) in [6, 6.07) is 5.83. The van der Waals surface area contributed by atoms with Crippen LogP contribution in [0.25, 0.3) is 0 Å². The van der Waals surface area contributed by atoms with Gasteiger partial charge in [-0.3, -0.25) is 4.99 Å². The van der Waals surface area contributed by atoms with E-state index in [9.17, 15) is 0 Å². The zero-order valence-corrected chi connectivity index (χ0v) is 15.1. The van der Waals surface area contributed by atoms with Gasteiger partial charge >= 0.3 is 0 Å². The molecule has 24 heavy (non-hydrogen) atoms. The van der Waals surface area contributed by atoms with Crippen LogP contribution < -0.4 is 20.1 Å². The van der Waals surface area contributed by atoms with Gasteiger partial charge in [0.05, 0.1) is 27.4 Å². The zero-order chi connectivity index (χ0) is 17.6. The summed E-state index contributed by atoms with van der Waals surface area (Å²) in [6.07, 6.45) is 0.904. The average Bonchev–Trinajstić information content (AvgIpc) is 2.63. The summed E-state index contributed by atoms with van der Waals surface area (Å²) < 4.78 is 20.9. The van der Waals surface area contributed by atoms with Crippen LogP contribution in [0, 0.1) is 0 Å². The fourth-order valence-corrected chi connectivity index (χ4v) is 2.02. The second kappa shape index (κ2) is 12.4. The number of hydrogen-bond donors (Lipinski definition) is 2. The number of nitrogens with zero attached hydrogens (tertiary/aromatic N) is 1. The highest BCUT2D eigenvalue weighted by molar-refractivity contribution is 5.79. The van der Waals surface area contributed by atoms with Gasteiger partial charge in [-0.2, -0.15) is 0 Å². The second-order valence-electron chi connectivity index (χ2n) is 5.00. The molecule has 0 saturated heterocycles. The van der Waals surface area contributed by atoms with Crippen LogP contribution in [0.4, 0.5) is 0 Å². The minimum Gasteiger partial charge on any atom is -0.493 e. The van der Waals surface area contributed by atoms with Crippen molar-refractivity contribution in [2.24, 2.45) is 4.99 Å². The first-order chi connectivity index (χ1) is 11.7. The Morgan fingerprint density at radius 1 is 1.00 bits per heavy atom. The van der Waals surface area contributed by atoms with Crippen molar-refractivity contribution in [3.63, 3.8) is 0 Å². The van der Waals surface area contributed by atoms with E-state index in [0.29, 0.717) is 32.1 Å². The average molecular weight is 339 g/mol. The smallest absolute Gasteiger partial charge is 0.191 e. The molecule has 0 unspecified atom stereocenters. The van der Waals surface area contributed by atoms with Crippen LogP contribution >= 0.6 is 0 Å². The SMILES string of the molecule is CN=C(NCCCOCCOC)NCc1ccc(OC)c(OC)c1. The lowest BCUT2D eigenvalue weighted by Gasteiger charge is -2.13. The van der Waals surface area contributed by atoms with Gasteiger partial charge in [0.1, 0.15) is 0 Å². The van der Waals surface area contributed by atoms with Crippen LogP contribution in [0.5, 0.6) is 11.5 Å². The third-order valence-corrected chi connectivity index (χ3v) is 3.32. The van der Waals surface area contributed by atoms with Gasteiger partial charge in [0.15, 0.2) is 17.5 Å². The van der Waals surface area contributed by atoms with Gasteiger partial charge in [0, 0.05) is 33.9 Å². The van der Waals surface area contributed by atoms with E-state index in [-0.39, 0.29) is 0 Å². The molecular weight excluding hydrogens is 310 g/mol. The Hall–Kier alpha value is -1.99. The van der Waals surface area contributed by atoms with Gasteiger partial charge < -0.3 is 29.6 Å². The third kappa shape index (κ3) is 7.52. The van der Waals surface area contributed by atoms with E-state index in [1.165, 1.54) is 0 Å². The molecule has 1 aromatic rings. The molecule has 136 valence electrons. The highest BCUT2D eigenvalue weighted by Gasteiger charge is 2.05. The van der Waals surface area contributed by atoms with Crippen molar-refractivity contribution < 1.29 is 18.9 Å². The van der Waals surface area contributed by atoms with E-state index in [4.69, 9.17) is 18.9 Å². The molecule has 7 nitrogen and oxygen atoms in total. The fraction of sp³-hybridized carbons (Fsp3) is 0.588. The molecule has 0 amide bonds. The van der Waals surface area contributed by atoms with Gasteiger partial charge in [-0.05, 0) is 24.1 Å². The molecule has 7 heteroatoms. The van der Waals surface area contributed by atoms with Crippen LogP contribution in [-0.2, 0) is 16.0 Å². The summed E-state index contributed by atoms with van der Waals surface area (Å²) >= 11 is 0. The van der Waals surface area contributed by atoms with Crippen molar-refractivity contribution >= 4 is 5.96 Å². The summed E-state index contributed by atoms with van der Waals surface area (Å²) in [7, 11) is 6.67. The van der Waals surface area contributed by atoms with Crippen LogP contribution in [-0.4, -0.2) is 60.7 Å². The van der Waals surface area contributed by atoms with Crippen molar-refractivity contribution in [2.45, 2.75) is 13.0 Å². The quantitative estimate of drug-likeness (QED) is 0.361. The van der Waals surface area contributed by atoms with Gasteiger partial charge in [-0.15, -0.1) is 0 Å². The molecule has 0 fully saturated rings. The predicted octanol–water partition coefficient (Wildman–Crippen LogP) is 1.42. The maximum atomic E-state index is 5.42. The Balaban J connectivity index is 2.31. The monoisotopic (exact) mass is 339 g/mol. The molecule has 0 radical (unpaired) electrons. The summed E-state index contributed by atoms with van der Waals surface area (Å²) in [4.78, 5) is 4.20. The molecule has 0 bridgehead atoms. The van der Waals surface area contributed by atoms with Crippen LogP contribution in [0.1, 0.15) is 12.0 Å². The van der Waals surface area contributed by atoms with E-state index in [0.717, 1.165) is 30.2 Å². The Kier molecular flexibility index (Phi) is 10.4. The molecule has 0 aliphatic heterocycles. The molecular formula is C17H29N3O4. The van der Waals surface area contributed by atoms with Crippen molar-refractivity contribution in [3.05, 3.63) is 23.8 Å². The minimum atomic E-state index is 0.627. The van der Waals surface area contributed by atoms with Gasteiger partial charge in [-0.1, -0.05) is 6.07 Å². The number of rotatable bonds is 11. The lowest BCUT2D eigenvalue weighted by atomic mass is 10.2. The fourth-order valence-electron chi connectivity index (χ4n) is 2.02. The number of nitrogens with one attached hydrogen (secondary N) is 2. The van der Waals surface area contributed by atoms with Crippen LogP contribution in [0.2, 0.25) is 0 Å². The van der Waals surface area contributed by atoms with E-state index in [1.54, 1.807) is 28.4 Å². The Morgan fingerprint density at radius 2 is 1.79 bits per heavy atom. The molecule has 1 rings (SSSR count). The van der Waals surface area contributed by atoms with E-state index < -0.39 is 0 Å². The normalized spacial score (nSPS) is 11.2. The highest BCUT2D eigenvalue weighted by Crippen LogP contribution is 2.27. The first-order valence-electron chi connectivity index (χ1n) is 7.97. The van der Waals surface area contributed by atoms with Crippen LogP contribution in [0.3, 0.4) is 0 Å². The largest absolute Gasteiger partial charge is 0.493 e. The van der Waals surface area contributed by atoms with E-state index >= 15 is 0 Å². The maximum absolute atomic E-state index is 5.42. The highest BCUT2D eigenvalue weighted by atomic mass is 16.5. The lowest BCUT2D eigenvalue weighted by molar-refractivity contribution is 0.0698. The number of benzene rings is 1. The number of hydrogen-bond acceptors (Lipinski definition) is 5. The molecule has 0 spiro atoms. The summed E-state index contributed by atoms with van der Waals surface area (Å²) in [5.74, 6) is 2.19. The second-order valence-corrected chi connectivity index (χ2v) is 5.00. The molecule has 2 N–H and O–H groups in total. The first-order valence-corrected chi connectivity index (χ1v) is 7.97. The molecule has 0 saturated carbocycles. The van der Waals surface area contributed by atoms with Gasteiger partial charge in [-0.25, -0.2) is 0 Å². The molecule has 0 aliphatic rings. The topological polar surface area (TPSA) is 73.3 Å². The van der Waals surface area contributed by atoms with Crippen molar-refractivity contribution in [1.29, 1.82) is 0 Å². The van der Waals surface area contributed by atoms with E-state index in [2.05, 4.69) is 15.6 Å². The van der Waals surface area contributed by atoms with Crippen molar-refractivity contribution in [3.8, 4) is 11.5 Å². The number of methoxy groups -OCH3 is 3. The van der Waals surface area contributed by atoms with Crippen molar-refractivity contribution in [2.75, 3.05) is 54.7 Å². The minimum absolute atomic E-state index is 0.627. The predicted molar refractivity (Wildman–Crippen MR) is 95.1 cm³/mol. The maximum Gasteiger partial charge on any atom is 0.191 e. The Labute approximate surface area is 144 Å². The van der Waals surface area contributed by atoms with E-state index in [1.807, 2.05) is 18.2 Å². The number of ether oxygens (including phenoxy) is 4. The van der Waals surface area contributed by atoms with Crippen molar-refractivity contribution in [1.82, 2.24) is 10.6 Å². The molecule has 0 aliphatic carbocycles. The summed E-state index contributed by atoms with van der Waals surface area (Å²) in [6.45, 7) is 3.39. The Morgan fingerprint density at radius 3 is 2.46 bits per heavy atom. The zero-order valence-electron chi connectivity index (χ0n) is 15.1. The standard InChI is InChI=1S/C17H29N3O4/c1-18-17(19-8-5-9-24-11-10-21-2)20-13-14-6-7-15(22-3)16(12-14)23-4/h6-7,12H,5,8-11,13H2,1-4H3,(H2,18,19,20). The summed E-state index contributed by atoms with van der Waals surface area (Å²) in [5.41, 5.74) is 1.08. The molecule has 1 aromatic carbocycles. The molecule has 0 atom stereocenters. The number of aliphatic imine (C=N–C) groups is 1. The number of guanidine groups is 1. The van der Waals surface area contributed by atoms with Crippen LogP contribution in [0.15, 0.2) is 23.2 Å². The first kappa shape index (κ1) is 20.1. The van der Waals surface area contributed by atoms with Gasteiger partial charge in [0.2, 0.25) is 0 Å².